The van der Waals surface area contributed by atoms with Gasteiger partial charge in [0.1, 0.15) is 11.6 Å². The van der Waals surface area contributed by atoms with E-state index in [0.29, 0.717) is 50.8 Å². The Kier molecular flexibility index (Phi) is 7.10. The summed E-state index contributed by atoms with van der Waals surface area (Å²) in [6.07, 6.45) is -1.69. The van der Waals surface area contributed by atoms with Gasteiger partial charge in [0.15, 0.2) is 5.78 Å². The highest BCUT2D eigenvalue weighted by Gasteiger charge is 2.37. The molecule has 31 heavy (non-hydrogen) atoms. The number of nitrogens with zero attached hydrogens (tertiary/aromatic N) is 4. The summed E-state index contributed by atoms with van der Waals surface area (Å²) in [5.74, 6) is -0.983. The molecule has 1 fully saturated rings. The Morgan fingerprint density at radius 2 is 2.03 bits per heavy atom. The summed E-state index contributed by atoms with van der Waals surface area (Å²) in [5, 5.41) is 11.7. The van der Waals surface area contributed by atoms with Crippen LogP contribution in [0.15, 0.2) is 30.3 Å². The van der Waals surface area contributed by atoms with E-state index in [0.717, 1.165) is 5.56 Å². The Morgan fingerprint density at radius 3 is 2.68 bits per heavy atom. The maximum Gasteiger partial charge on any atom is 0.451 e. The number of aromatic nitrogens is 2. The zero-order valence-electron chi connectivity index (χ0n) is 17.2. The van der Waals surface area contributed by atoms with Gasteiger partial charge in [0.05, 0.1) is 17.7 Å². The van der Waals surface area contributed by atoms with Crippen molar-refractivity contribution < 1.29 is 18.0 Å². The topological polar surface area (TPSA) is 81.9 Å². The smallest absolute Gasteiger partial charge is 0.370 e. The number of ketones is 1. The fourth-order valence-corrected chi connectivity index (χ4v) is 3.73. The predicted molar refractivity (Wildman–Crippen MR) is 111 cm³/mol. The molecule has 1 saturated heterocycles. The van der Waals surface area contributed by atoms with Crippen LogP contribution < -0.4 is 10.2 Å². The van der Waals surface area contributed by atoms with Crippen molar-refractivity contribution in [1.82, 2.24) is 9.97 Å². The van der Waals surface area contributed by atoms with Gasteiger partial charge in [-0.15, -0.1) is 0 Å². The molecule has 1 aromatic carbocycles. The molecule has 9 heteroatoms. The molecule has 0 unspecified atom stereocenters. The highest BCUT2D eigenvalue weighted by atomic mass is 19.4. The summed E-state index contributed by atoms with van der Waals surface area (Å²) in [6.45, 7) is 2.67. The number of halogens is 3. The van der Waals surface area contributed by atoms with E-state index in [9.17, 15) is 18.0 Å². The van der Waals surface area contributed by atoms with Crippen LogP contribution in [0.5, 0.6) is 0 Å². The van der Waals surface area contributed by atoms with Crippen molar-refractivity contribution in [3.8, 4) is 6.07 Å². The monoisotopic (exact) mass is 431 g/mol. The highest BCUT2D eigenvalue weighted by Crippen LogP contribution is 2.32. The third kappa shape index (κ3) is 5.72. The van der Waals surface area contributed by atoms with Crippen LogP contribution in [0.4, 0.5) is 24.8 Å². The Balaban J connectivity index is 1.69. The third-order valence-electron chi connectivity index (χ3n) is 5.21. The molecule has 2 aromatic rings. The van der Waals surface area contributed by atoms with Gasteiger partial charge in [0, 0.05) is 25.6 Å². The molecule has 1 aromatic heterocycles. The molecule has 1 aliphatic heterocycles. The molecule has 3 rings (SSSR count). The van der Waals surface area contributed by atoms with Crippen LogP contribution in [0, 0.1) is 11.3 Å². The SMILES string of the molecule is CCNc1cc(N2CCC[C@H]2C(=O)CCCc2ccc(C#N)cc2)nc(C(F)(F)F)n1. The molecular formula is C22H24F3N5O. The first-order chi connectivity index (χ1) is 14.8. The van der Waals surface area contributed by atoms with E-state index >= 15 is 0 Å². The molecule has 2 heterocycles. The van der Waals surface area contributed by atoms with Crippen LogP contribution in [-0.2, 0) is 17.4 Å². The number of alkyl halides is 3. The van der Waals surface area contributed by atoms with Crippen molar-refractivity contribution in [2.24, 2.45) is 0 Å². The minimum atomic E-state index is -4.67. The van der Waals surface area contributed by atoms with Crippen LogP contribution in [0.25, 0.3) is 0 Å². The van der Waals surface area contributed by atoms with Gasteiger partial charge in [0.2, 0.25) is 5.82 Å². The number of nitrogens with one attached hydrogen (secondary N) is 1. The fraction of sp³-hybridized carbons (Fsp3) is 0.455. The van der Waals surface area contributed by atoms with Gasteiger partial charge in [-0.1, -0.05) is 12.1 Å². The first-order valence-electron chi connectivity index (χ1n) is 10.3. The van der Waals surface area contributed by atoms with E-state index in [1.165, 1.54) is 6.07 Å². The summed E-state index contributed by atoms with van der Waals surface area (Å²) in [4.78, 5) is 21.8. The molecule has 0 bridgehead atoms. The van der Waals surface area contributed by atoms with E-state index in [2.05, 4.69) is 21.4 Å². The largest absolute Gasteiger partial charge is 0.451 e. The number of nitriles is 1. The standard InChI is InChI=1S/C22H24F3N5O/c1-2-27-19-13-20(29-21(28-19)22(23,24)25)30-12-4-6-17(30)18(31)7-3-5-15-8-10-16(14-26)11-9-15/h8-11,13,17H,2-7,12H2,1H3,(H,27,28,29)/t17-/m0/s1. The number of hydrogen-bond acceptors (Lipinski definition) is 6. The quantitative estimate of drug-likeness (QED) is 0.669. The number of hydrogen-bond donors (Lipinski definition) is 1. The van der Waals surface area contributed by atoms with Gasteiger partial charge in [-0.05, 0) is 50.3 Å². The van der Waals surface area contributed by atoms with E-state index in [4.69, 9.17) is 5.26 Å². The summed E-state index contributed by atoms with van der Waals surface area (Å²) >= 11 is 0. The van der Waals surface area contributed by atoms with E-state index in [1.54, 1.807) is 24.0 Å². The fourth-order valence-electron chi connectivity index (χ4n) is 3.73. The second kappa shape index (κ2) is 9.77. The summed E-state index contributed by atoms with van der Waals surface area (Å²) in [6, 6.07) is 10.3. The normalized spacial score (nSPS) is 16.2. The van der Waals surface area contributed by atoms with Crippen LogP contribution in [-0.4, -0.2) is 34.9 Å². The Hall–Kier alpha value is -3.15. The summed E-state index contributed by atoms with van der Waals surface area (Å²) < 4.78 is 39.8. The first kappa shape index (κ1) is 22.5. The third-order valence-corrected chi connectivity index (χ3v) is 5.21. The van der Waals surface area contributed by atoms with Crippen molar-refractivity contribution in [2.75, 3.05) is 23.3 Å². The van der Waals surface area contributed by atoms with Crippen LogP contribution >= 0.6 is 0 Å². The zero-order chi connectivity index (χ0) is 22.4. The lowest BCUT2D eigenvalue weighted by Gasteiger charge is -2.25. The van der Waals surface area contributed by atoms with E-state index < -0.39 is 18.0 Å². The van der Waals surface area contributed by atoms with Crippen molar-refractivity contribution in [3.63, 3.8) is 0 Å². The number of carbonyl (C=O) groups is 1. The molecule has 1 atom stereocenters. The maximum absolute atomic E-state index is 13.3. The van der Waals surface area contributed by atoms with Crippen molar-refractivity contribution in [2.45, 2.75) is 51.2 Å². The minimum Gasteiger partial charge on any atom is -0.370 e. The lowest BCUT2D eigenvalue weighted by atomic mass is 10.0. The van der Waals surface area contributed by atoms with Gasteiger partial charge in [-0.3, -0.25) is 4.79 Å². The molecule has 0 spiro atoms. The van der Waals surface area contributed by atoms with E-state index in [-0.39, 0.29) is 17.4 Å². The highest BCUT2D eigenvalue weighted by molar-refractivity contribution is 5.87. The molecular weight excluding hydrogens is 407 g/mol. The Morgan fingerprint density at radius 1 is 1.29 bits per heavy atom. The Labute approximate surface area is 179 Å². The van der Waals surface area contributed by atoms with Crippen molar-refractivity contribution in [3.05, 3.63) is 47.3 Å². The summed E-state index contributed by atoms with van der Waals surface area (Å²) in [5.41, 5.74) is 1.62. The summed E-state index contributed by atoms with van der Waals surface area (Å²) in [7, 11) is 0. The molecule has 1 aliphatic rings. The lowest BCUT2D eigenvalue weighted by molar-refractivity contribution is -0.144. The molecule has 0 amide bonds. The van der Waals surface area contributed by atoms with Gasteiger partial charge in [-0.2, -0.15) is 18.4 Å². The van der Waals surface area contributed by atoms with Crippen LogP contribution in [0.2, 0.25) is 0 Å². The van der Waals surface area contributed by atoms with Gasteiger partial charge in [0.25, 0.3) is 0 Å². The number of aryl methyl sites for hydroxylation is 1. The van der Waals surface area contributed by atoms with Gasteiger partial charge >= 0.3 is 6.18 Å². The van der Waals surface area contributed by atoms with Crippen LogP contribution in [0.3, 0.4) is 0 Å². The molecule has 6 nitrogen and oxygen atoms in total. The predicted octanol–water partition coefficient (Wildman–Crippen LogP) is 4.36. The average Bonchev–Trinajstić information content (AvgIpc) is 3.24. The first-order valence-corrected chi connectivity index (χ1v) is 10.3. The number of Topliss-reactive ketones (excluding diaryl/α,β-unsaturated/α-hetero) is 1. The average molecular weight is 431 g/mol. The number of rotatable bonds is 8. The van der Waals surface area contributed by atoms with E-state index in [1.807, 2.05) is 12.1 Å². The maximum atomic E-state index is 13.3. The van der Waals surface area contributed by atoms with Gasteiger partial charge < -0.3 is 10.2 Å². The molecule has 0 aliphatic carbocycles. The number of carbonyl (C=O) groups excluding carboxylic acids is 1. The van der Waals surface area contributed by atoms with Crippen molar-refractivity contribution in [1.29, 1.82) is 5.26 Å². The number of benzene rings is 1. The molecule has 1 N–H and O–H groups in total. The lowest BCUT2D eigenvalue weighted by Crippen LogP contribution is -2.37. The second-order valence-electron chi connectivity index (χ2n) is 7.44. The number of anilines is 2. The Bertz CT molecular complexity index is 953. The zero-order valence-corrected chi connectivity index (χ0v) is 17.2. The molecule has 164 valence electrons. The molecule has 0 saturated carbocycles. The van der Waals surface area contributed by atoms with Gasteiger partial charge in [-0.25, -0.2) is 9.97 Å². The van der Waals surface area contributed by atoms with Crippen molar-refractivity contribution >= 4 is 17.4 Å². The molecule has 0 radical (unpaired) electrons. The van der Waals surface area contributed by atoms with Crippen LogP contribution in [0.1, 0.15) is 49.6 Å². The minimum absolute atomic E-state index is 0.00307. The second-order valence-corrected chi connectivity index (χ2v) is 7.44.